The summed E-state index contributed by atoms with van der Waals surface area (Å²) >= 11 is 0. The van der Waals surface area contributed by atoms with Crippen LogP contribution in [0.15, 0.2) is 18.2 Å². The fraction of sp³-hybridized carbons (Fsp3) is 0.250. The summed E-state index contributed by atoms with van der Waals surface area (Å²) < 4.78 is 0. The molecule has 1 aliphatic rings. The van der Waals surface area contributed by atoms with E-state index >= 15 is 0 Å². The summed E-state index contributed by atoms with van der Waals surface area (Å²) in [6.07, 6.45) is 0. The molecule has 3 heteroatoms. The van der Waals surface area contributed by atoms with Crippen LogP contribution in [-0.2, 0) is 0 Å². The Bertz CT molecular complexity index is 281. The number of nitrogen functional groups attached to an aromatic ring is 1. The number of hydrogen-bond acceptors (Lipinski definition) is 3. The van der Waals surface area contributed by atoms with E-state index in [1.165, 1.54) is 0 Å². The molecule has 1 aromatic rings. The van der Waals surface area contributed by atoms with Gasteiger partial charge in [0.2, 0.25) is 0 Å². The highest BCUT2D eigenvalue weighted by Gasteiger charge is 2.19. The minimum absolute atomic E-state index is 0.230. The van der Waals surface area contributed by atoms with E-state index in [2.05, 4.69) is 4.90 Å². The van der Waals surface area contributed by atoms with Gasteiger partial charge in [0.1, 0.15) is 5.75 Å². The summed E-state index contributed by atoms with van der Waals surface area (Å²) in [5.41, 5.74) is 7.35. The van der Waals surface area contributed by atoms with Crippen LogP contribution in [0.5, 0.6) is 5.75 Å². The number of rotatable bonds is 1. The maximum absolute atomic E-state index is 9.04. The van der Waals surface area contributed by atoms with E-state index in [0.29, 0.717) is 5.69 Å². The standard InChI is InChI=1S/C8H10N2O/c9-7-5-6(11)1-2-8(7)10-3-4-10/h1-2,5,11H,3-4,9H2. The number of anilines is 2. The second-order valence-corrected chi connectivity index (χ2v) is 2.73. The molecule has 3 N–H and O–H groups in total. The maximum atomic E-state index is 9.04. The molecule has 0 spiro atoms. The van der Waals surface area contributed by atoms with Crippen molar-refractivity contribution in [3.63, 3.8) is 0 Å². The molecule has 0 amide bonds. The third kappa shape index (κ3) is 1.09. The summed E-state index contributed by atoms with van der Waals surface area (Å²) in [5, 5.41) is 9.04. The Hall–Kier alpha value is -1.38. The quantitative estimate of drug-likeness (QED) is 0.459. The van der Waals surface area contributed by atoms with Crippen LogP contribution in [0.25, 0.3) is 0 Å². The largest absolute Gasteiger partial charge is 0.508 e. The molecule has 3 nitrogen and oxygen atoms in total. The van der Waals surface area contributed by atoms with E-state index in [1.54, 1.807) is 12.1 Å². The number of nitrogens with zero attached hydrogens (tertiary/aromatic N) is 1. The van der Waals surface area contributed by atoms with Gasteiger partial charge in [-0.2, -0.15) is 0 Å². The minimum atomic E-state index is 0.230. The Balaban J connectivity index is 2.39. The molecule has 0 atom stereocenters. The molecule has 1 aliphatic heterocycles. The zero-order chi connectivity index (χ0) is 7.84. The minimum Gasteiger partial charge on any atom is -0.508 e. The molecule has 0 bridgehead atoms. The van der Waals surface area contributed by atoms with Crippen LogP contribution in [0.2, 0.25) is 0 Å². The van der Waals surface area contributed by atoms with Crippen LogP contribution >= 0.6 is 0 Å². The third-order valence-corrected chi connectivity index (χ3v) is 1.80. The molecule has 0 aliphatic carbocycles. The first-order valence-corrected chi connectivity index (χ1v) is 3.61. The predicted molar refractivity (Wildman–Crippen MR) is 44.7 cm³/mol. The lowest BCUT2D eigenvalue weighted by molar-refractivity contribution is 0.475. The van der Waals surface area contributed by atoms with E-state index in [0.717, 1.165) is 18.8 Å². The van der Waals surface area contributed by atoms with Crippen LogP contribution in [0.3, 0.4) is 0 Å². The first-order valence-electron chi connectivity index (χ1n) is 3.61. The number of phenols is 1. The molecule has 0 saturated carbocycles. The molecule has 0 radical (unpaired) electrons. The van der Waals surface area contributed by atoms with Crippen molar-refractivity contribution in [1.82, 2.24) is 0 Å². The van der Waals surface area contributed by atoms with Gasteiger partial charge in [-0.25, -0.2) is 0 Å². The average molecular weight is 150 g/mol. The summed E-state index contributed by atoms with van der Waals surface area (Å²) in [6, 6.07) is 5.08. The number of phenolic OH excluding ortho intramolecular Hbond substituents is 1. The first kappa shape index (κ1) is 6.34. The molecule has 0 aromatic heterocycles. The van der Waals surface area contributed by atoms with Gasteiger partial charge in [-0.1, -0.05) is 0 Å². The van der Waals surface area contributed by atoms with E-state index in [-0.39, 0.29) is 5.75 Å². The lowest BCUT2D eigenvalue weighted by Crippen LogP contribution is -1.96. The monoisotopic (exact) mass is 150 g/mol. The van der Waals surface area contributed by atoms with Gasteiger partial charge in [-0.05, 0) is 12.1 Å². The van der Waals surface area contributed by atoms with Crippen LogP contribution in [0.1, 0.15) is 0 Å². The van der Waals surface area contributed by atoms with Crippen LogP contribution in [0.4, 0.5) is 11.4 Å². The molecule has 1 aromatic carbocycles. The van der Waals surface area contributed by atoms with E-state index in [9.17, 15) is 0 Å². The van der Waals surface area contributed by atoms with Gasteiger partial charge in [0, 0.05) is 19.2 Å². The smallest absolute Gasteiger partial charge is 0.117 e. The lowest BCUT2D eigenvalue weighted by atomic mass is 10.2. The van der Waals surface area contributed by atoms with Gasteiger partial charge < -0.3 is 15.7 Å². The van der Waals surface area contributed by atoms with Crippen LogP contribution in [-0.4, -0.2) is 18.2 Å². The number of nitrogens with two attached hydrogens (primary N) is 1. The summed E-state index contributed by atoms with van der Waals surface area (Å²) in [7, 11) is 0. The van der Waals surface area contributed by atoms with Gasteiger partial charge in [0.15, 0.2) is 0 Å². The Morgan fingerprint density at radius 1 is 1.36 bits per heavy atom. The van der Waals surface area contributed by atoms with Gasteiger partial charge >= 0.3 is 0 Å². The SMILES string of the molecule is Nc1cc(O)ccc1N1CC1. The normalized spacial score (nSPS) is 15.1. The lowest BCUT2D eigenvalue weighted by Gasteiger charge is -2.05. The highest BCUT2D eigenvalue weighted by atomic mass is 16.3. The van der Waals surface area contributed by atoms with Crippen molar-refractivity contribution in [2.24, 2.45) is 0 Å². The zero-order valence-electron chi connectivity index (χ0n) is 6.12. The van der Waals surface area contributed by atoms with Crippen LogP contribution < -0.4 is 10.6 Å². The Morgan fingerprint density at radius 2 is 2.09 bits per heavy atom. The molecule has 1 saturated heterocycles. The molecule has 11 heavy (non-hydrogen) atoms. The van der Waals surface area contributed by atoms with Gasteiger partial charge in [-0.15, -0.1) is 0 Å². The molecule has 1 fully saturated rings. The highest BCUT2D eigenvalue weighted by Crippen LogP contribution is 2.30. The topological polar surface area (TPSA) is 49.3 Å². The van der Waals surface area contributed by atoms with E-state index in [1.807, 2.05) is 6.07 Å². The van der Waals surface area contributed by atoms with E-state index < -0.39 is 0 Å². The second kappa shape index (κ2) is 2.05. The van der Waals surface area contributed by atoms with Crippen molar-refractivity contribution in [2.75, 3.05) is 23.7 Å². The van der Waals surface area contributed by atoms with Gasteiger partial charge in [0.25, 0.3) is 0 Å². The fourth-order valence-electron chi connectivity index (χ4n) is 1.12. The Labute approximate surface area is 65.0 Å². The van der Waals surface area contributed by atoms with Gasteiger partial charge in [-0.3, -0.25) is 0 Å². The van der Waals surface area contributed by atoms with Crippen molar-refractivity contribution in [2.45, 2.75) is 0 Å². The first-order chi connectivity index (χ1) is 5.27. The Morgan fingerprint density at radius 3 is 2.64 bits per heavy atom. The van der Waals surface area contributed by atoms with Crippen molar-refractivity contribution in [3.8, 4) is 5.75 Å². The van der Waals surface area contributed by atoms with E-state index in [4.69, 9.17) is 10.8 Å². The van der Waals surface area contributed by atoms with Crippen LogP contribution in [0, 0.1) is 0 Å². The third-order valence-electron chi connectivity index (χ3n) is 1.80. The fourth-order valence-corrected chi connectivity index (χ4v) is 1.12. The zero-order valence-corrected chi connectivity index (χ0v) is 6.12. The number of aromatic hydroxyl groups is 1. The summed E-state index contributed by atoms with van der Waals surface area (Å²) in [5.74, 6) is 0.230. The number of hydrogen-bond donors (Lipinski definition) is 2. The molecular weight excluding hydrogens is 140 g/mol. The summed E-state index contributed by atoms with van der Waals surface area (Å²) in [4.78, 5) is 2.15. The molecule has 2 rings (SSSR count). The molecule has 0 unspecified atom stereocenters. The molecular formula is C8H10N2O. The molecule has 1 heterocycles. The van der Waals surface area contributed by atoms with Crippen molar-refractivity contribution in [3.05, 3.63) is 18.2 Å². The van der Waals surface area contributed by atoms with Crippen molar-refractivity contribution in [1.29, 1.82) is 0 Å². The van der Waals surface area contributed by atoms with Gasteiger partial charge in [0.05, 0.1) is 11.4 Å². The van der Waals surface area contributed by atoms with Crippen molar-refractivity contribution >= 4 is 11.4 Å². The molecule has 58 valence electrons. The second-order valence-electron chi connectivity index (χ2n) is 2.73. The van der Waals surface area contributed by atoms with Crippen molar-refractivity contribution < 1.29 is 5.11 Å². The predicted octanol–water partition coefficient (Wildman–Crippen LogP) is 0.794. The average Bonchev–Trinajstić information content (AvgIpc) is 2.70. The Kier molecular flexibility index (Phi) is 1.18. The maximum Gasteiger partial charge on any atom is 0.117 e. The summed E-state index contributed by atoms with van der Waals surface area (Å²) in [6.45, 7) is 2.16. The highest BCUT2D eigenvalue weighted by molar-refractivity contribution is 5.71. The number of benzene rings is 1.